The second-order valence-corrected chi connectivity index (χ2v) is 8.67. The van der Waals surface area contributed by atoms with Crippen molar-refractivity contribution in [2.45, 2.75) is 64.0 Å². The van der Waals surface area contributed by atoms with Crippen molar-refractivity contribution in [1.29, 1.82) is 0 Å². The van der Waals surface area contributed by atoms with Crippen LogP contribution in [-0.4, -0.2) is 40.7 Å². The van der Waals surface area contributed by atoms with Crippen molar-refractivity contribution in [1.82, 2.24) is 9.88 Å². The molecular formula is C21H29N3O2. The van der Waals surface area contributed by atoms with E-state index in [-0.39, 0.29) is 17.7 Å². The second-order valence-electron chi connectivity index (χ2n) is 8.67. The number of hydrogen-bond acceptors (Lipinski definition) is 3. The minimum Gasteiger partial charge on any atom is -0.446 e. The fourth-order valence-corrected chi connectivity index (χ4v) is 3.90. The van der Waals surface area contributed by atoms with E-state index in [1.165, 1.54) is 23.8 Å². The van der Waals surface area contributed by atoms with Crippen LogP contribution in [0.15, 0.2) is 24.4 Å². The first-order valence-corrected chi connectivity index (χ1v) is 9.74. The van der Waals surface area contributed by atoms with Gasteiger partial charge in [0.25, 0.3) is 0 Å². The van der Waals surface area contributed by atoms with Gasteiger partial charge in [-0.1, -0.05) is 0 Å². The smallest absolute Gasteiger partial charge is 0.411 e. The second kappa shape index (κ2) is 6.62. The Balaban J connectivity index is 1.49. The lowest BCUT2D eigenvalue weighted by molar-refractivity contribution is 0.102. The van der Waals surface area contributed by atoms with Crippen LogP contribution in [0.2, 0.25) is 0 Å². The van der Waals surface area contributed by atoms with E-state index in [9.17, 15) is 4.79 Å². The molecule has 0 radical (unpaired) electrons. The summed E-state index contributed by atoms with van der Waals surface area (Å²) in [6.45, 7) is 9.13. The third-order valence-electron chi connectivity index (χ3n) is 5.64. The maximum Gasteiger partial charge on any atom is 0.411 e. The number of benzene rings is 1. The number of H-pyrrole nitrogens is 1. The van der Waals surface area contributed by atoms with Crippen molar-refractivity contribution in [2.75, 3.05) is 18.4 Å². The molecule has 2 heterocycles. The molecule has 0 bridgehead atoms. The maximum absolute atomic E-state index is 11.9. The van der Waals surface area contributed by atoms with Crippen molar-refractivity contribution in [2.24, 2.45) is 0 Å². The summed E-state index contributed by atoms with van der Waals surface area (Å²) >= 11 is 0. The van der Waals surface area contributed by atoms with Gasteiger partial charge in [-0.05, 0) is 89.2 Å². The summed E-state index contributed by atoms with van der Waals surface area (Å²) in [6.07, 6.45) is 6.24. The summed E-state index contributed by atoms with van der Waals surface area (Å²) in [5, 5.41) is 4.08. The van der Waals surface area contributed by atoms with Crippen molar-refractivity contribution in [3.05, 3.63) is 30.0 Å². The molecule has 5 heteroatoms. The Kier molecular flexibility index (Phi) is 4.43. The molecular weight excluding hydrogens is 326 g/mol. The van der Waals surface area contributed by atoms with Crippen molar-refractivity contribution >= 4 is 22.7 Å². The summed E-state index contributed by atoms with van der Waals surface area (Å²) in [6, 6.07) is 6.04. The van der Waals surface area contributed by atoms with Gasteiger partial charge in [0.1, 0.15) is 6.10 Å². The van der Waals surface area contributed by atoms with Gasteiger partial charge in [-0.15, -0.1) is 0 Å². The van der Waals surface area contributed by atoms with E-state index in [1.807, 2.05) is 12.1 Å². The third kappa shape index (κ3) is 3.73. The summed E-state index contributed by atoms with van der Waals surface area (Å²) in [5.41, 5.74) is 3.53. The van der Waals surface area contributed by atoms with E-state index in [2.05, 4.69) is 48.2 Å². The van der Waals surface area contributed by atoms with Crippen LogP contribution < -0.4 is 5.32 Å². The molecule has 1 saturated carbocycles. The molecule has 0 spiro atoms. The zero-order valence-electron chi connectivity index (χ0n) is 16.0. The molecule has 2 fully saturated rings. The van der Waals surface area contributed by atoms with Gasteiger partial charge in [0.2, 0.25) is 0 Å². The zero-order chi connectivity index (χ0) is 18.3. The Morgan fingerprint density at radius 1 is 1.19 bits per heavy atom. The van der Waals surface area contributed by atoms with E-state index in [0.29, 0.717) is 5.92 Å². The fraction of sp³-hybridized carbons (Fsp3) is 0.571. The van der Waals surface area contributed by atoms with Crippen LogP contribution in [0.25, 0.3) is 10.9 Å². The molecule has 26 heavy (non-hydrogen) atoms. The van der Waals surface area contributed by atoms with Crippen molar-refractivity contribution in [3.63, 3.8) is 0 Å². The molecule has 1 amide bonds. The molecule has 5 nitrogen and oxygen atoms in total. The number of hydrogen-bond donors (Lipinski definition) is 2. The lowest BCUT2D eigenvalue weighted by atomic mass is 9.87. The molecule has 0 atom stereocenters. The van der Waals surface area contributed by atoms with E-state index >= 15 is 0 Å². The highest BCUT2D eigenvalue weighted by atomic mass is 16.6. The van der Waals surface area contributed by atoms with Gasteiger partial charge in [0, 0.05) is 28.3 Å². The van der Waals surface area contributed by atoms with Gasteiger partial charge in [-0.2, -0.15) is 0 Å². The van der Waals surface area contributed by atoms with Gasteiger partial charge in [-0.3, -0.25) is 10.2 Å². The average molecular weight is 355 g/mol. The number of rotatable bonds is 3. The first-order valence-electron chi connectivity index (χ1n) is 9.74. The van der Waals surface area contributed by atoms with E-state index in [1.54, 1.807) is 0 Å². The Labute approximate surface area is 155 Å². The number of carbonyl (C=O) groups is 1. The monoisotopic (exact) mass is 355 g/mol. The van der Waals surface area contributed by atoms with Gasteiger partial charge in [0.15, 0.2) is 0 Å². The van der Waals surface area contributed by atoms with Crippen LogP contribution in [0.1, 0.15) is 57.9 Å². The molecule has 0 unspecified atom stereocenters. The van der Waals surface area contributed by atoms with Crippen LogP contribution in [0.5, 0.6) is 0 Å². The number of aromatic nitrogens is 1. The SMILES string of the molecule is CC(C)(C)N1CCC(c2c[nH]c3ccc(NC(=O)OC4CC4)cc23)CC1. The van der Waals surface area contributed by atoms with Crippen molar-refractivity contribution < 1.29 is 9.53 Å². The number of fused-ring (bicyclic) bond motifs is 1. The molecule has 2 aliphatic rings. The van der Waals surface area contributed by atoms with Crippen LogP contribution in [0, 0.1) is 0 Å². The zero-order valence-corrected chi connectivity index (χ0v) is 16.0. The topological polar surface area (TPSA) is 57.4 Å². The molecule has 1 aliphatic carbocycles. The number of aromatic amines is 1. The quantitative estimate of drug-likeness (QED) is 0.827. The van der Waals surface area contributed by atoms with Crippen LogP contribution in [0.3, 0.4) is 0 Å². The lowest BCUT2D eigenvalue weighted by Gasteiger charge is -2.40. The number of anilines is 1. The molecule has 1 saturated heterocycles. The normalized spacial score (nSPS) is 19.7. The van der Waals surface area contributed by atoms with E-state index in [4.69, 9.17) is 4.74 Å². The predicted molar refractivity (Wildman–Crippen MR) is 105 cm³/mol. The van der Waals surface area contributed by atoms with Crippen LogP contribution >= 0.6 is 0 Å². The van der Waals surface area contributed by atoms with Crippen molar-refractivity contribution in [3.8, 4) is 0 Å². The van der Waals surface area contributed by atoms with Gasteiger partial charge >= 0.3 is 6.09 Å². The number of nitrogens with one attached hydrogen (secondary N) is 2. The largest absolute Gasteiger partial charge is 0.446 e. The summed E-state index contributed by atoms with van der Waals surface area (Å²) in [7, 11) is 0. The number of nitrogens with zero attached hydrogens (tertiary/aromatic N) is 1. The highest BCUT2D eigenvalue weighted by Crippen LogP contribution is 2.36. The molecule has 4 rings (SSSR count). The number of likely N-dealkylation sites (tertiary alicyclic amines) is 1. The highest BCUT2D eigenvalue weighted by Gasteiger charge is 2.29. The number of amides is 1. The minimum atomic E-state index is -0.345. The van der Waals surface area contributed by atoms with Gasteiger partial charge in [-0.25, -0.2) is 4.79 Å². The number of ether oxygens (including phenoxy) is 1. The molecule has 1 aromatic heterocycles. The Morgan fingerprint density at radius 3 is 2.58 bits per heavy atom. The molecule has 2 N–H and O–H groups in total. The lowest BCUT2D eigenvalue weighted by Crippen LogP contribution is -2.45. The summed E-state index contributed by atoms with van der Waals surface area (Å²) in [5.74, 6) is 0.566. The average Bonchev–Trinajstić information content (AvgIpc) is 3.30. The summed E-state index contributed by atoms with van der Waals surface area (Å²) < 4.78 is 5.29. The van der Waals surface area contributed by atoms with E-state index in [0.717, 1.165) is 37.1 Å². The highest BCUT2D eigenvalue weighted by molar-refractivity contribution is 5.92. The van der Waals surface area contributed by atoms with E-state index < -0.39 is 0 Å². The maximum atomic E-state index is 11.9. The van der Waals surface area contributed by atoms with Gasteiger partial charge in [0.05, 0.1) is 0 Å². The fourth-order valence-electron chi connectivity index (χ4n) is 3.90. The van der Waals surface area contributed by atoms with Gasteiger partial charge < -0.3 is 9.72 Å². The Hall–Kier alpha value is -2.01. The number of carbonyl (C=O) groups excluding carboxylic acids is 1. The molecule has 140 valence electrons. The molecule has 1 aromatic carbocycles. The first kappa shape index (κ1) is 17.4. The summed E-state index contributed by atoms with van der Waals surface area (Å²) in [4.78, 5) is 17.9. The Bertz CT molecular complexity index is 793. The first-order chi connectivity index (χ1) is 12.4. The Morgan fingerprint density at radius 2 is 1.92 bits per heavy atom. The standard InChI is InChI=1S/C21H29N3O2/c1-21(2,3)24-10-8-14(9-11-24)18-13-22-19-7-4-15(12-17(18)19)23-20(25)26-16-5-6-16/h4,7,12-14,16,22H,5-6,8-11H2,1-3H3,(H,23,25). The third-order valence-corrected chi connectivity index (χ3v) is 5.64. The number of piperidine rings is 1. The minimum absolute atomic E-state index is 0.120. The molecule has 1 aliphatic heterocycles. The van der Waals surface area contributed by atoms with Crippen LogP contribution in [0.4, 0.5) is 10.5 Å². The predicted octanol–water partition coefficient (Wildman–Crippen LogP) is 4.86. The van der Waals surface area contributed by atoms with Crippen LogP contribution in [-0.2, 0) is 4.74 Å². The molecule has 2 aromatic rings.